The molecule has 1 N–H and O–H groups in total. The smallest absolute Gasteiger partial charge is 0.0394 e. The highest BCUT2D eigenvalue weighted by Crippen LogP contribution is 2.61. The van der Waals surface area contributed by atoms with Crippen molar-refractivity contribution in [3.05, 3.63) is 0 Å². The fraction of sp³-hybridized carbons (Fsp3) is 1.00. The maximum atomic E-state index is 12.1. The Kier molecular flexibility index (Phi) is 2.85. The summed E-state index contributed by atoms with van der Waals surface area (Å²) in [5.74, 6) is 4.89. The number of nitrogens with one attached hydrogen (secondary N) is 1. The predicted molar refractivity (Wildman–Crippen MR) is 74.9 cm³/mol. The quantitative estimate of drug-likeness (QED) is 0.790. The fourth-order valence-electron chi connectivity index (χ4n) is 5.84. The van der Waals surface area contributed by atoms with E-state index in [0.717, 1.165) is 42.2 Å². The lowest BCUT2D eigenvalue weighted by molar-refractivity contribution is -0.0692. The van der Waals surface area contributed by atoms with Crippen molar-refractivity contribution in [2.75, 3.05) is 18.1 Å². The minimum Gasteiger partial charge on any atom is -0.312 e. The van der Waals surface area contributed by atoms with Crippen molar-refractivity contribution in [2.24, 2.45) is 23.2 Å². The van der Waals surface area contributed by atoms with Gasteiger partial charge in [0.2, 0.25) is 0 Å². The standard InChI is InChI=1S/C15H25NOS/c17-18-3-1-2-16-14(10-18)15-7-11-4-12(8-15)6-13(5-11)9-15/h11-14,16H,1-10H2. The monoisotopic (exact) mass is 267 g/mol. The van der Waals surface area contributed by atoms with E-state index < -0.39 is 10.8 Å². The van der Waals surface area contributed by atoms with Crippen LogP contribution in [0.5, 0.6) is 0 Å². The molecule has 1 saturated heterocycles. The molecule has 18 heavy (non-hydrogen) atoms. The molecule has 0 spiro atoms. The molecule has 2 nitrogen and oxygen atoms in total. The summed E-state index contributed by atoms with van der Waals surface area (Å²) in [6, 6.07) is 0.564. The van der Waals surface area contributed by atoms with Crippen molar-refractivity contribution in [3.63, 3.8) is 0 Å². The Morgan fingerprint density at radius 1 is 1.00 bits per heavy atom. The zero-order valence-electron chi connectivity index (χ0n) is 11.2. The van der Waals surface area contributed by atoms with Gasteiger partial charge in [0.05, 0.1) is 0 Å². The minimum atomic E-state index is -0.563. The number of rotatable bonds is 1. The minimum absolute atomic E-state index is 0.536. The first-order valence-corrected chi connectivity index (χ1v) is 9.31. The molecule has 4 aliphatic carbocycles. The Labute approximate surface area is 113 Å². The van der Waals surface area contributed by atoms with Crippen LogP contribution in [0.2, 0.25) is 0 Å². The molecule has 3 heteroatoms. The van der Waals surface area contributed by atoms with Gasteiger partial charge >= 0.3 is 0 Å². The van der Waals surface area contributed by atoms with Crippen molar-refractivity contribution in [2.45, 2.75) is 51.0 Å². The average molecular weight is 267 g/mol. The first-order chi connectivity index (χ1) is 8.73. The molecule has 0 amide bonds. The molecular weight excluding hydrogens is 242 g/mol. The molecule has 4 bridgehead atoms. The SMILES string of the molecule is O=S1CCCNC(C23CC4CC(CC(C4)C2)C3)C1. The van der Waals surface area contributed by atoms with E-state index in [2.05, 4.69) is 5.32 Å². The molecular formula is C15H25NOS. The van der Waals surface area contributed by atoms with Gasteiger partial charge in [-0.3, -0.25) is 4.21 Å². The summed E-state index contributed by atoms with van der Waals surface area (Å²) in [6.07, 6.45) is 9.95. The van der Waals surface area contributed by atoms with E-state index in [1.165, 1.54) is 38.5 Å². The van der Waals surface area contributed by atoms with Crippen LogP contribution >= 0.6 is 0 Å². The van der Waals surface area contributed by atoms with Gasteiger partial charge in [-0.25, -0.2) is 0 Å². The normalized spacial score (nSPS) is 55.4. The topological polar surface area (TPSA) is 29.1 Å². The van der Waals surface area contributed by atoms with Crippen LogP contribution in [0.3, 0.4) is 0 Å². The van der Waals surface area contributed by atoms with Crippen LogP contribution in [-0.4, -0.2) is 28.3 Å². The van der Waals surface area contributed by atoms with Gasteiger partial charge in [0.15, 0.2) is 0 Å². The van der Waals surface area contributed by atoms with E-state index >= 15 is 0 Å². The van der Waals surface area contributed by atoms with Crippen molar-refractivity contribution in [3.8, 4) is 0 Å². The lowest BCUT2D eigenvalue weighted by Crippen LogP contribution is -2.57. The lowest BCUT2D eigenvalue weighted by Gasteiger charge is -2.59. The van der Waals surface area contributed by atoms with E-state index in [1.54, 1.807) is 0 Å². The van der Waals surface area contributed by atoms with Crippen molar-refractivity contribution < 1.29 is 4.21 Å². The highest BCUT2D eigenvalue weighted by atomic mass is 32.2. The summed E-state index contributed by atoms with van der Waals surface area (Å²) < 4.78 is 12.1. The Bertz CT molecular complexity index is 332. The molecule has 0 radical (unpaired) electrons. The van der Waals surface area contributed by atoms with Crippen molar-refractivity contribution in [1.29, 1.82) is 0 Å². The van der Waals surface area contributed by atoms with Gasteiger partial charge in [-0.15, -0.1) is 0 Å². The van der Waals surface area contributed by atoms with Crippen LogP contribution in [0, 0.1) is 23.2 Å². The van der Waals surface area contributed by atoms with E-state index in [9.17, 15) is 4.21 Å². The van der Waals surface area contributed by atoms with Gasteiger partial charge in [-0.05, 0) is 74.7 Å². The summed E-state index contributed by atoms with van der Waals surface area (Å²) in [6.45, 7) is 1.10. The van der Waals surface area contributed by atoms with Crippen LogP contribution in [-0.2, 0) is 10.8 Å². The van der Waals surface area contributed by atoms with Crippen molar-refractivity contribution >= 4 is 10.8 Å². The molecule has 1 aliphatic heterocycles. The second-order valence-corrected chi connectivity index (χ2v) is 9.07. The van der Waals surface area contributed by atoms with Gasteiger partial charge in [0, 0.05) is 28.3 Å². The van der Waals surface area contributed by atoms with Crippen molar-refractivity contribution in [1.82, 2.24) is 5.32 Å². The van der Waals surface area contributed by atoms with E-state index in [4.69, 9.17) is 0 Å². The van der Waals surface area contributed by atoms with E-state index in [0.29, 0.717) is 11.5 Å². The Morgan fingerprint density at radius 2 is 1.61 bits per heavy atom. The van der Waals surface area contributed by atoms with Crippen LogP contribution in [0.15, 0.2) is 0 Å². The first-order valence-electron chi connectivity index (χ1n) is 7.82. The maximum absolute atomic E-state index is 12.1. The molecule has 5 rings (SSSR count). The highest BCUT2D eigenvalue weighted by molar-refractivity contribution is 7.85. The van der Waals surface area contributed by atoms with Gasteiger partial charge < -0.3 is 5.32 Å². The van der Waals surface area contributed by atoms with Gasteiger partial charge in [-0.2, -0.15) is 0 Å². The van der Waals surface area contributed by atoms with E-state index in [-0.39, 0.29) is 0 Å². The molecule has 5 fully saturated rings. The molecule has 102 valence electrons. The lowest BCUT2D eigenvalue weighted by atomic mass is 9.48. The summed E-state index contributed by atoms with van der Waals surface area (Å²) in [5, 5.41) is 3.78. The van der Waals surface area contributed by atoms with Gasteiger partial charge in [0.1, 0.15) is 0 Å². The van der Waals surface area contributed by atoms with Crippen LogP contribution in [0.4, 0.5) is 0 Å². The predicted octanol–water partition coefficient (Wildman–Crippen LogP) is 2.31. The summed E-state index contributed by atoms with van der Waals surface area (Å²) >= 11 is 0. The molecule has 0 aromatic heterocycles. The zero-order chi connectivity index (χ0) is 12.2. The highest BCUT2D eigenvalue weighted by Gasteiger charge is 2.54. The Hall–Kier alpha value is 0.110. The van der Waals surface area contributed by atoms with Gasteiger partial charge in [-0.1, -0.05) is 0 Å². The van der Waals surface area contributed by atoms with Crippen LogP contribution in [0.25, 0.3) is 0 Å². The molecule has 4 saturated carbocycles. The third kappa shape index (κ3) is 1.89. The van der Waals surface area contributed by atoms with Gasteiger partial charge in [0.25, 0.3) is 0 Å². The second-order valence-electron chi connectivity index (χ2n) is 7.45. The third-order valence-electron chi connectivity index (χ3n) is 6.12. The molecule has 1 heterocycles. The summed E-state index contributed by atoms with van der Waals surface area (Å²) in [5.41, 5.74) is 0.536. The van der Waals surface area contributed by atoms with Crippen LogP contribution < -0.4 is 5.32 Å². The molecule has 2 atom stereocenters. The molecule has 0 aromatic carbocycles. The third-order valence-corrected chi connectivity index (χ3v) is 7.57. The summed E-state index contributed by atoms with van der Waals surface area (Å²) in [4.78, 5) is 0. The van der Waals surface area contributed by atoms with E-state index in [1.807, 2.05) is 0 Å². The molecule has 5 aliphatic rings. The zero-order valence-corrected chi connectivity index (χ0v) is 12.0. The Balaban J connectivity index is 1.60. The number of hydrogen-bond donors (Lipinski definition) is 1. The fourth-order valence-corrected chi connectivity index (χ4v) is 7.31. The largest absolute Gasteiger partial charge is 0.312 e. The summed E-state index contributed by atoms with van der Waals surface area (Å²) in [7, 11) is -0.563. The average Bonchev–Trinajstić information content (AvgIpc) is 2.52. The first kappa shape index (κ1) is 11.9. The molecule has 0 aromatic rings. The number of hydrogen-bond acceptors (Lipinski definition) is 2. The second kappa shape index (κ2) is 4.31. The molecule has 2 unspecified atom stereocenters. The van der Waals surface area contributed by atoms with Crippen LogP contribution in [0.1, 0.15) is 44.9 Å². The Morgan fingerprint density at radius 3 is 2.22 bits per heavy atom. The maximum Gasteiger partial charge on any atom is 0.0394 e.